The molecule has 3 N–H and O–H groups in total. The van der Waals surface area contributed by atoms with Gasteiger partial charge in [-0.15, -0.1) is 0 Å². The molecule has 1 aliphatic rings. The molecule has 0 aliphatic heterocycles. The third-order valence-electron chi connectivity index (χ3n) is 3.10. The minimum absolute atomic E-state index is 0.482. The molecule has 0 saturated heterocycles. The maximum Gasteiger partial charge on any atom is 0.143 e. The average molecular weight is 206 g/mol. The van der Waals surface area contributed by atoms with Crippen molar-refractivity contribution in [3.05, 3.63) is 18.2 Å². The molecule has 3 heteroatoms. The highest BCUT2D eigenvalue weighted by atomic mass is 16.5. The number of hydrogen-bond donors (Lipinski definition) is 2. The summed E-state index contributed by atoms with van der Waals surface area (Å²) >= 11 is 0. The van der Waals surface area contributed by atoms with Crippen LogP contribution in [0.1, 0.15) is 19.8 Å². The number of nitrogen functional groups attached to an aromatic ring is 1. The fourth-order valence-electron chi connectivity index (χ4n) is 1.57. The molecule has 0 heterocycles. The second-order valence-electron chi connectivity index (χ2n) is 4.59. The summed E-state index contributed by atoms with van der Waals surface area (Å²) in [6, 6.07) is 5.82. The molecule has 2 rings (SSSR count). The van der Waals surface area contributed by atoms with Crippen LogP contribution in [0.15, 0.2) is 18.2 Å². The van der Waals surface area contributed by atoms with Crippen LogP contribution in [0.5, 0.6) is 5.75 Å². The van der Waals surface area contributed by atoms with E-state index in [2.05, 4.69) is 12.2 Å². The van der Waals surface area contributed by atoms with E-state index in [4.69, 9.17) is 10.5 Å². The van der Waals surface area contributed by atoms with Gasteiger partial charge in [0.25, 0.3) is 0 Å². The van der Waals surface area contributed by atoms with Gasteiger partial charge in [0, 0.05) is 6.54 Å². The van der Waals surface area contributed by atoms with E-state index in [1.165, 1.54) is 12.8 Å². The van der Waals surface area contributed by atoms with Gasteiger partial charge in [-0.3, -0.25) is 0 Å². The number of nitrogens with two attached hydrogens (primary N) is 1. The lowest BCUT2D eigenvalue weighted by atomic mass is 10.1. The van der Waals surface area contributed by atoms with Gasteiger partial charge in [0.05, 0.1) is 18.5 Å². The largest absolute Gasteiger partial charge is 0.495 e. The van der Waals surface area contributed by atoms with Crippen LogP contribution in [0.25, 0.3) is 0 Å². The minimum Gasteiger partial charge on any atom is -0.495 e. The van der Waals surface area contributed by atoms with Crippen LogP contribution in [0.4, 0.5) is 11.4 Å². The molecule has 0 amide bonds. The van der Waals surface area contributed by atoms with Crippen molar-refractivity contribution in [3.63, 3.8) is 0 Å². The van der Waals surface area contributed by atoms with Crippen LogP contribution in [0.3, 0.4) is 0 Å². The zero-order valence-corrected chi connectivity index (χ0v) is 9.34. The first-order valence-corrected chi connectivity index (χ1v) is 5.31. The molecular formula is C12H18N2O. The maximum atomic E-state index is 5.96. The Bertz CT molecular complexity index is 359. The first kappa shape index (κ1) is 10.1. The predicted octanol–water partition coefficient (Wildman–Crippen LogP) is 2.49. The number of benzene rings is 1. The molecule has 1 aromatic carbocycles. The Morgan fingerprint density at radius 1 is 1.47 bits per heavy atom. The smallest absolute Gasteiger partial charge is 0.143 e. The Labute approximate surface area is 90.6 Å². The number of para-hydroxylation sites is 1. The Balaban J connectivity index is 2.07. The highest BCUT2D eigenvalue weighted by Gasteiger charge is 2.36. The first-order valence-electron chi connectivity index (χ1n) is 5.31. The van der Waals surface area contributed by atoms with Crippen LogP contribution in [0, 0.1) is 5.41 Å². The lowest BCUT2D eigenvalue weighted by Gasteiger charge is -2.14. The van der Waals surface area contributed by atoms with Crippen LogP contribution >= 0.6 is 0 Å². The predicted molar refractivity (Wildman–Crippen MR) is 63.2 cm³/mol. The van der Waals surface area contributed by atoms with Crippen LogP contribution in [-0.4, -0.2) is 13.7 Å². The van der Waals surface area contributed by atoms with E-state index in [1.807, 2.05) is 18.2 Å². The Hall–Kier alpha value is -1.38. The van der Waals surface area contributed by atoms with E-state index in [9.17, 15) is 0 Å². The second kappa shape index (κ2) is 3.65. The highest BCUT2D eigenvalue weighted by molar-refractivity contribution is 5.72. The highest BCUT2D eigenvalue weighted by Crippen LogP contribution is 2.45. The maximum absolute atomic E-state index is 5.96. The minimum atomic E-state index is 0.482. The van der Waals surface area contributed by atoms with Gasteiger partial charge < -0.3 is 15.8 Å². The third kappa shape index (κ3) is 2.17. The van der Waals surface area contributed by atoms with Crippen molar-refractivity contribution in [3.8, 4) is 5.75 Å². The summed E-state index contributed by atoms with van der Waals surface area (Å²) < 4.78 is 5.17. The second-order valence-corrected chi connectivity index (χ2v) is 4.59. The van der Waals surface area contributed by atoms with Gasteiger partial charge in [0.15, 0.2) is 0 Å². The molecule has 0 spiro atoms. The zero-order valence-electron chi connectivity index (χ0n) is 9.34. The molecule has 0 aromatic heterocycles. The summed E-state index contributed by atoms with van der Waals surface area (Å²) in [6.07, 6.45) is 2.62. The van der Waals surface area contributed by atoms with Gasteiger partial charge in [-0.2, -0.15) is 0 Å². The molecule has 1 saturated carbocycles. The number of rotatable bonds is 4. The number of methoxy groups -OCH3 is 1. The molecule has 15 heavy (non-hydrogen) atoms. The monoisotopic (exact) mass is 206 g/mol. The van der Waals surface area contributed by atoms with E-state index in [0.29, 0.717) is 11.1 Å². The van der Waals surface area contributed by atoms with Gasteiger partial charge in [-0.05, 0) is 30.4 Å². The molecule has 0 radical (unpaired) electrons. The number of ether oxygens (including phenoxy) is 1. The summed E-state index contributed by atoms with van der Waals surface area (Å²) in [5, 5.41) is 3.39. The topological polar surface area (TPSA) is 47.3 Å². The summed E-state index contributed by atoms with van der Waals surface area (Å²) in [6.45, 7) is 3.28. The van der Waals surface area contributed by atoms with Crippen molar-refractivity contribution < 1.29 is 4.74 Å². The molecule has 82 valence electrons. The van der Waals surface area contributed by atoms with E-state index >= 15 is 0 Å². The quantitative estimate of drug-likeness (QED) is 0.744. The van der Waals surface area contributed by atoms with E-state index in [1.54, 1.807) is 7.11 Å². The fraction of sp³-hybridized carbons (Fsp3) is 0.500. The fourth-order valence-corrected chi connectivity index (χ4v) is 1.57. The summed E-state index contributed by atoms with van der Waals surface area (Å²) in [4.78, 5) is 0. The van der Waals surface area contributed by atoms with Crippen LogP contribution < -0.4 is 15.8 Å². The first-order chi connectivity index (χ1) is 7.14. The van der Waals surface area contributed by atoms with Gasteiger partial charge in [-0.25, -0.2) is 0 Å². The normalized spacial score (nSPS) is 17.2. The van der Waals surface area contributed by atoms with Gasteiger partial charge >= 0.3 is 0 Å². The van der Waals surface area contributed by atoms with Gasteiger partial charge in [-0.1, -0.05) is 13.0 Å². The standard InChI is InChI=1S/C12H18N2O/c1-12(6-7-12)8-14-9-4-3-5-10(15-2)11(9)13/h3-5,14H,6-8,13H2,1-2H3. The molecule has 1 fully saturated rings. The molecular weight excluding hydrogens is 188 g/mol. The Morgan fingerprint density at radius 2 is 2.20 bits per heavy atom. The Morgan fingerprint density at radius 3 is 2.80 bits per heavy atom. The van der Waals surface area contributed by atoms with Crippen molar-refractivity contribution >= 4 is 11.4 Å². The summed E-state index contributed by atoms with van der Waals surface area (Å²) in [7, 11) is 1.64. The van der Waals surface area contributed by atoms with Crippen LogP contribution in [-0.2, 0) is 0 Å². The number of nitrogens with one attached hydrogen (secondary N) is 1. The van der Waals surface area contributed by atoms with Crippen molar-refractivity contribution in [2.75, 3.05) is 24.7 Å². The van der Waals surface area contributed by atoms with Crippen molar-refractivity contribution in [2.24, 2.45) is 5.41 Å². The molecule has 0 unspecified atom stereocenters. The van der Waals surface area contributed by atoms with Gasteiger partial charge in [0.1, 0.15) is 5.75 Å². The molecule has 1 aromatic rings. The number of hydrogen-bond acceptors (Lipinski definition) is 3. The summed E-state index contributed by atoms with van der Waals surface area (Å²) in [5.74, 6) is 0.737. The van der Waals surface area contributed by atoms with Crippen molar-refractivity contribution in [1.82, 2.24) is 0 Å². The average Bonchev–Trinajstić information content (AvgIpc) is 2.96. The summed E-state index contributed by atoms with van der Waals surface area (Å²) in [5.41, 5.74) is 8.11. The Kier molecular flexibility index (Phi) is 2.47. The third-order valence-corrected chi connectivity index (χ3v) is 3.10. The molecule has 0 bridgehead atoms. The van der Waals surface area contributed by atoms with Crippen molar-refractivity contribution in [1.29, 1.82) is 0 Å². The lowest BCUT2D eigenvalue weighted by Crippen LogP contribution is -2.13. The number of anilines is 2. The van der Waals surface area contributed by atoms with Crippen LogP contribution in [0.2, 0.25) is 0 Å². The molecule has 1 aliphatic carbocycles. The SMILES string of the molecule is COc1cccc(NCC2(C)CC2)c1N. The van der Waals surface area contributed by atoms with E-state index in [-0.39, 0.29) is 0 Å². The molecule has 0 atom stereocenters. The lowest BCUT2D eigenvalue weighted by molar-refractivity contribution is 0.417. The van der Waals surface area contributed by atoms with E-state index in [0.717, 1.165) is 18.0 Å². The van der Waals surface area contributed by atoms with Gasteiger partial charge in [0.2, 0.25) is 0 Å². The van der Waals surface area contributed by atoms with Crippen molar-refractivity contribution in [2.45, 2.75) is 19.8 Å². The van der Waals surface area contributed by atoms with E-state index < -0.39 is 0 Å². The molecule has 3 nitrogen and oxygen atoms in total. The zero-order chi connectivity index (χ0) is 10.9.